The van der Waals surface area contributed by atoms with E-state index in [4.69, 9.17) is 10.2 Å². The van der Waals surface area contributed by atoms with Crippen LogP contribution in [0.25, 0.3) is 0 Å². The lowest BCUT2D eigenvalue weighted by atomic mass is 9.95. The van der Waals surface area contributed by atoms with Gasteiger partial charge in [0.2, 0.25) is 0 Å². The molecule has 46 valence electrons. The van der Waals surface area contributed by atoms with Crippen LogP contribution in [0.5, 0.6) is 11.5 Å². The Morgan fingerprint density at radius 3 is 2.33 bits per heavy atom. The van der Waals surface area contributed by atoms with E-state index in [1.807, 2.05) is 0 Å². The van der Waals surface area contributed by atoms with Gasteiger partial charge in [0.25, 0.3) is 0 Å². The number of aromatic hydroxyl groups is 2. The molecular weight excluding hydrogens is 115 g/mol. The average Bonchev–Trinajstić information content (AvgIpc) is 1.83. The van der Waals surface area contributed by atoms with E-state index in [1.165, 1.54) is 6.07 Å². The lowest BCUT2D eigenvalue weighted by Gasteiger charge is -1.98. The van der Waals surface area contributed by atoms with Gasteiger partial charge >= 0.3 is 0 Å². The number of hydrogen-bond acceptors (Lipinski definition) is 2. The van der Waals surface area contributed by atoms with Crippen molar-refractivity contribution >= 4 is 13.3 Å². The van der Waals surface area contributed by atoms with Crippen LogP contribution in [0.3, 0.4) is 0 Å². The fourth-order valence-corrected chi connectivity index (χ4v) is 0.643. The Hall–Kier alpha value is -1.12. The molecule has 9 heavy (non-hydrogen) atoms. The summed E-state index contributed by atoms with van der Waals surface area (Å²) in [6.45, 7) is 0. The topological polar surface area (TPSA) is 40.5 Å². The molecule has 0 atom stereocenters. The highest BCUT2D eigenvalue weighted by molar-refractivity contribution is 6.34. The van der Waals surface area contributed by atoms with E-state index >= 15 is 0 Å². The number of phenolic OH excluding ortho intramolecular Hbond substituents is 2. The minimum atomic E-state index is -0.0602. The van der Waals surface area contributed by atoms with E-state index in [-0.39, 0.29) is 11.5 Å². The summed E-state index contributed by atoms with van der Waals surface area (Å²) in [5, 5.41) is 17.8. The minimum absolute atomic E-state index is 0.0301. The summed E-state index contributed by atoms with van der Waals surface area (Å²) < 4.78 is 0. The van der Waals surface area contributed by atoms with Crippen LogP contribution >= 0.6 is 0 Å². The molecule has 0 spiro atoms. The lowest BCUT2D eigenvalue weighted by molar-refractivity contribution is 0.407. The molecule has 0 amide bonds. The fraction of sp³-hybridized carbons (Fsp3) is 0. The highest BCUT2D eigenvalue weighted by Gasteiger charge is 1.97. The van der Waals surface area contributed by atoms with Gasteiger partial charge in [-0.1, -0.05) is 12.1 Å². The van der Waals surface area contributed by atoms with Gasteiger partial charge in [-0.2, -0.15) is 0 Å². The maximum atomic E-state index is 8.96. The number of phenols is 2. The van der Waals surface area contributed by atoms with Gasteiger partial charge in [-0.3, -0.25) is 0 Å². The Balaban J connectivity index is 3.25. The normalized spacial score (nSPS) is 9.33. The Morgan fingerprint density at radius 1 is 1.22 bits per heavy atom. The van der Waals surface area contributed by atoms with Crippen molar-refractivity contribution in [1.29, 1.82) is 0 Å². The molecule has 0 aliphatic heterocycles. The van der Waals surface area contributed by atoms with E-state index in [1.54, 1.807) is 20.0 Å². The number of hydrogen-bond donors (Lipinski definition) is 2. The quantitative estimate of drug-likeness (QED) is 0.354. The molecule has 1 aromatic rings. The Kier molecular flexibility index (Phi) is 1.34. The van der Waals surface area contributed by atoms with E-state index in [0.717, 1.165) is 0 Å². The van der Waals surface area contributed by atoms with E-state index < -0.39 is 0 Å². The summed E-state index contributed by atoms with van der Waals surface area (Å²) in [7, 11) is 1.73. The van der Waals surface area contributed by atoms with Gasteiger partial charge in [-0.15, -0.1) is 0 Å². The first-order valence-corrected chi connectivity index (χ1v) is 2.69. The van der Waals surface area contributed by atoms with Crippen molar-refractivity contribution in [1.82, 2.24) is 0 Å². The zero-order chi connectivity index (χ0) is 6.85. The van der Waals surface area contributed by atoms with Gasteiger partial charge in [0.1, 0.15) is 7.85 Å². The molecule has 2 N–H and O–H groups in total. The second-order valence-corrected chi connectivity index (χ2v) is 1.94. The summed E-state index contributed by atoms with van der Waals surface area (Å²) in [6, 6.07) is 4.86. The van der Waals surface area contributed by atoms with Gasteiger partial charge < -0.3 is 10.2 Å². The van der Waals surface area contributed by atoms with Crippen LogP contribution in [0.15, 0.2) is 18.2 Å². The summed E-state index contributed by atoms with van der Waals surface area (Å²) >= 11 is 0. The molecule has 0 saturated heterocycles. The fourth-order valence-electron chi connectivity index (χ4n) is 0.643. The second kappa shape index (κ2) is 2.01. The molecule has 0 aliphatic rings. The van der Waals surface area contributed by atoms with E-state index in [9.17, 15) is 0 Å². The molecule has 0 heterocycles. The van der Waals surface area contributed by atoms with Crippen molar-refractivity contribution in [3.8, 4) is 11.5 Å². The third-order valence-electron chi connectivity index (χ3n) is 1.22. The zero-order valence-corrected chi connectivity index (χ0v) is 5.13. The molecule has 0 aliphatic carbocycles. The Bertz CT molecular complexity index is 202. The third kappa shape index (κ3) is 0.990. The maximum absolute atomic E-state index is 8.96. The predicted molar refractivity (Wildman–Crippen MR) is 37.9 cm³/mol. The first-order chi connectivity index (χ1) is 4.22. The van der Waals surface area contributed by atoms with Crippen molar-refractivity contribution in [2.45, 2.75) is 0 Å². The molecule has 0 aromatic heterocycles. The van der Waals surface area contributed by atoms with Crippen molar-refractivity contribution in [3.05, 3.63) is 18.2 Å². The van der Waals surface area contributed by atoms with Gasteiger partial charge in [0, 0.05) is 0 Å². The van der Waals surface area contributed by atoms with Crippen LogP contribution in [0.2, 0.25) is 0 Å². The first-order valence-electron chi connectivity index (χ1n) is 2.69. The predicted octanol–water partition coefficient (Wildman–Crippen LogP) is -0.644. The van der Waals surface area contributed by atoms with Crippen molar-refractivity contribution in [2.75, 3.05) is 0 Å². The highest BCUT2D eigenvalue weighted by Crippen LogP contribution is 2.18. The van der Waals surface area contributed by atoms with Crippen molar-refractivity contribution in [3.63, 3.8) is 0 Å². The highest BCUT2D eigenvalue weighted by atomic mass is 16.3. The van der Waals surface area contributed by atoms with Gasteiger partial charge in [-0.05, 0) is 11.5 Å². The monoisotopic (exact) mass is 122 g/mol. The molecule has 0 unspecified atom stereocenters. The summed E-state index contributed by atoms with van der Waals surface area (Å²) in [5.41, 5.74) is 0.690. The molecule has 2 nitrogen and oxygen atoms in total. The van der Waals surface area contributed by atoms with Gasteiger partial charge in [0.15, 0.2) is 11.5 Å². The Labute approximate surface area is 54.2 Å². The van der Waals surface area contributed by atoms with E-state index in [0.29, 0.717) is 5.46 Å². The summed E-state index contributed by atoms with van der Waals surface area (Å²) in [5.74, 6) is -0.0903. The number of rotatable bonds is 0. The van der Waals surface area contributed by atoms with E-state index in [2.05, 4.69) is 0 Å². The SMILES string of the molecule is Bc1cccc(O)c1O. The number of para-hydroxylation sites is 1. The Morgan fingerprint density at radius 2 is 1.89 bits per heavy atom. The van der Waals surface area contributed by atoms with Gasteiger partial charge in [-0.25, -0.2) is 0 Å². The third-order valence-corrected chi connectivity index (χ3v) is 1.22. The number of benzene rings is 1. The largest absolute Gasteiger partial charge is 0.505 e. The summed E-state index contributed by atoms with van der Waals surface area (Å²) in [4.78, 5) is 0. The van der Waals surface area contributed by atoms with Crippen LogP contribution in [0.4, 0.5) is 0 Å². The molecule has 0 fully saturated rings. The van der Waals surface area contributed by atoms with Gasteiger partial charge in [0.05, 0.1) is 0 Å². The smallest absolute Gasteiger partial charge is 0.156 e. The standard InChI is InChI=1S/C6H7BO2/c7-4-2-1-3-5(8)6(4)9/h1-3,8-9H,7H2. The average molecular weight is 122 g/mol. The van der Waals surface area contributed by atoms with Crippen molar-refractivity contribution in [2.24, 2.45) is 0 Å². The van der Waals surface area contributed by atoms with Crippen LogP contribution in [0, 0.1) is 0 Å². The summed E-state index contributed by atoms with van der Waals surface area (Å²) in [6.07, 6.45) is 0. The molecule has 1 aromatic carbocycles. The molecule has 0 radical (unpaired) electrons. The zero-order valence-electron chi connectivity index (χ0n) is 5.13. The maximum Gasteiger partial charge on any atom is 0.156 e. The first kappa shape index (κ1) is 6.01. The molecular formula is C6H7BO2. The molecule has 3 heteroatoms. The van der Waals surface area contributed by atoms with Crippen LogP contribution in [-0.2, 0) is 0 Å². The minimum Gasteiger partial charge on any atom is -0.505 e. The second-order valence-electron chi connectivity index (χ2n) is 1.94. The van der Waals surface area contributed by atoms with Crippen LogP contribution < -0.4 is 5.46 Å². The lowest BCUT2D eigenvalue weighted by Crippen LogP contribution is -2.00. The van der Waals surface area contributed by atoms with Crippen molar-refractivity contribution < 1.29 is 10.2 Å². The van der Waals surface area contributed by atoms with Crippen LogP contribution in [-0.4, -0.2) is 18.1 Å². The van der Waals surface area contributed by atoms with Crippen LogP contribution in [0.1, 0.15) is 0 Å². The molecule has 0 saturated carbocycles. The molecule has 0 bridgehead atoms. The molecule has 1 rings (SSSR count).